The van der Waals surface area contributed by atoms with Crippen LogP contribution in [-0.2, 0) is 28.0 Å². The first kappa shape index (κ1) is 42.9. The second kappa shape index (κ2) is 15.8. The number of rotatable bonds is 15. The van der Waals surface area contributed by atoms with Gasteiger partial charge in [0, 0.05) is 17.9 Å². The standard InChI is InChI=1S/C41H72O7Si2/c1-16-28(47-49(12,13)40(6,7)8)18-17-19-35(48-50(14,15)41(9,10)11)26(2)37(44)34-24-32-30(33(34)25-36(42)43)21-20-27-22-29(23-31(27)32)46-38(45)39(3,4)5/h20-21,24,26-33,35H,16-19,22-23,25H2,1-15H3,(H,42,43)/t26-,27-,28+,29-,30-,31-,32-,33+,35+/m1/s1. The molecular formula is C41H72O7Si2. The van der Waals surface area contributed by atoms with Crippen molar-refractivity contribution in [2.45, 2.75) is 176 Å². The van der Waals surface area contributed by atoms with E-state index in [9.17, 15) is 19.5 Å². The Hall–Kier alpha value is -1.56. The monoisotopic (exact) mass is 732 g/mol. The van der Waals surface area contributed by atoms with Crippen molar-refractivity contribution in [2.24, 2.45) is 40.9 Å². The molecule has 0 unspecified atom stereocenters. The van der Waals surface area contributed by atoms with E-state index in [4.69, 9.17) is 13.6 Å². The van der Waals surface area contributed by atoms with Crippen molar-refractivity contribution in [1.29, 1.82) is 0 Å². The van der Waals surface area contributed by atoms with E-state index in [1.807, 2.05) is 27.7 Å². The maximum Gasteiger partial charge on any atom is 0.311 e. The number of ether oxygens (including phenoxy) is 1. The van der Waals surface area contributed by atoms with Crippen LogP contribution in [0.4, 0.5) is 0 Å². The van der Waals surface area contributed by atoms with Gasteiger partial charge in [0.2, 0.25) is 0 Å². The largest absolute Gasteiger partial charge is 0.481 e. The van der Waals surface area contributed by atoms with Crippen molar-refractivity contribution in [3.05, 3.63) is 23.8 Å². The minimum absolute atomic E-state index is 0.0197. The van der Waals surface area contributed by atoms with Gasteiger partial charge in [0.25, 0.3) is 0 Å². The second-order valence-electron chi connectivity index (χ2n) is 19.9. The molecule has 0 radical (unpaired) electrons. The molecule has 0 spiro atoms. The van der Waals surface area contributed by atoms with E-state index >= 15 is 0 Å². The molecule has 0 aromatic rings. The van der Waals surface area contributed by atoms with Crippen LogP contribution in [0.15, 0.2) is 23.8 Å². The lowest BCUT2D eigenvalue weighted by atomic mass is 9.70. The summed E-state index contributed by atoms with van der Waals surface area (Å²) in [6.45, 7) is 32.4. The van der Waals surface area contributed by atoms with Crippen LogP contribution in [0, 0.1) is 40.9 Å². The van der Waals surface area contributed by atoms with E-state index in [0.717, 1.165) is 38.5 Å². The van der Waals surface area contributed by atoms with Gasteiger partial charge in [-0.2, -0.15) is 0 Å². The average molecular weight is 733 g/mol. The summed E-state index contributed by atoms with van der Waals surface area (Å²) in [4.78, 5) is 39.6. The molecule has 0 aromatic carbocycles. The predicted molar refractivity (Wildman–Crippen MR) is 208 cm³/mol. The molecule has 50 heavy (non-hydrogen) atoms. The van der Waals surface area contributed by atoms with Gasteiger partial charge in [-0.25, -0.2) is 0 Å². The van der Waals surface area contributed by atoms with Crippen LogP contribution in [0.25, 0.3) is 0 Å². The fourth-order valence-corrected chi connectivity index (χ4v) is 10.5. The molecule has 1 saturated carbocycles. The average Bonchev–Trinajstić information content (AvgIpc) is 3.54. The quantitative estimate of drug-likeness (QED) is 0.102. The first-order valence-electron chi connectivity index (χ1n) is 19.4. The number of fused-ring (bicyclic) bond motifs is 3. The van der Waals surface area contributed by atoms with Crippen molar-refractivity contribution < 1.29 is 33.1 Å². The highest BCUT2D eigenvalue weighted by atomic mass is 28.4. The van der Waals surface area contributed by atoms with Crippen LogP contribution in [0.5, 0.6) is 0 Å². The lowest BCUT2D eigenvalue weighted by Gasteiger charge is -2.41. The van der Waals surface area contributed by atoms with E-state index in [1.54, 1.807) is 0 Å². The topological polar surface area (TPSA) is 99.1 Å². The molecule has 0 heterocycles. The highest BCUT2D eigenvalue weighted by Gasteiger charge is 2.51. The number of esters is 1. The molecule has 0 bridgehead atoms. The van der Waals surface area contributed by atoms with Crippen molar-refractivity contribution >= 4 is 34.4 Å². The third-order valence-electron chi connectivity index (χ3n) is 12.9. The number of aliphatic carboxylic acids is 1. The van der Waals surface area contributed by atoms with E-state index in [2.05, 4.69) is 92.9 Å². The van der Waals surface area contributed by atoms with Crippen LogP contribution in [0.1, 0.15) is 121 Å². The van der Waals surface area contributed by atoms with Crippen LogP contribution >= 0.6 is 0 Å². The molecule has 0 aliphatic heterocycles. The van der Waals surface area contributed by atoms with Gasteiger partial charge < -0.3 is 18.7 Å². The minimum atomic E-state index is -2.23. The van der Waals surface area contributed by atoms with Gasteiger partial charge in [-0.05, 0) is 125 Å². The first-order valence-corrected chi connectivity index (χ1v) is 25.2. The van der Waals surface area contributed by atoms with Gasteiger partial charge in [-0.1, -0.05) is 73.6 Å². The molecule has 7 nitrogen and oxygen atoms in total. The third-order valence-corrected chi connectivity index (χ3v) is 21.9. The molecular weight excluding hydrogens is 661 g/mol. The molecule has 0 amide bonds. The maximum absolute atomic E-state index is 14.7. The molecule has 1 fully saturated rings. The highest BCUT2D eigenvalue weighted by Crippen LogP contribution is 2.54. The summed E-state index contributed by atoms with van der Waals surface area (Å²) < 4.78 is 19.8. The van der Waals surface area contributed by atoms with Gasteiger partial charge in [-0.15, -0.1) is 0 Å². The summed E-state index contributed by atoms with van der Waals surface area (Å²) in [5, 5.41) is 10.2. The number of carbonyl (C=O) groups is 3. The number of allylic oxidation sites excluding steroid dienone is 4. The summed E-state index contributed by atoms with van der Waals surface area (Å²) in [6.07, 6.45) is 11.2. The van der Waals surface area contributed by atoms with E-state index in [-0.39, 0.29) is 76.2 Å². The molecule has 9 heteroatoms. The lowest BCUT2D eigenvalue weighted by molar-refractivity contribution is -0.158. The zero-order valence-corrected chi connectivity index (χ0v) is 36.3. The van der Waals surface area contributed by atoms with Crippen LogP contribution in [0.2, 0.25) is 36.3 Å². The highest BCUT2D eigenvalue weighted by molar-refractivity contribution is 6.74. The zero-order chi connectivity index (χ0) is 38.2. The van der Waals surface area contributed by atoms with Crippen molar-refractivity contribution in [1.82, 2.24) is 0 Å². The molecule has 0 saturated heterocycles. The Balaban J connectivity index is 1.87. The second-order valence-corrected chi connectivity index (χ2v) is 29.4. The minimum Gasteiger partial charge on any atom is -0.481 e. The summed E-state index contributed by atoms with van der Waals surface area (Å²) >= 11 is 0. The number of hydrogen-bond donors (Lipinski definition) is 1. The Bertz CT molecular complexity index is 1280. The number of carboxylic acid groups (broad SMARTS) is 1. The number of Topliss-reactive ketones (excluding diaryl/α,β-unsaturated/α-hetero) is 1. The van der Waals surface area contributed by atoms with Crippen molar-refractivity contribution in [3.63, 3.8) is 0 Å². The first-order chi connectivity index (χ1) is 22.7. The van der Waals surface area contributed by atoms with E-state index < -0.39 is 33.9 Å². The SMILES string of the molecule is CC[C@@H](CCC[C@H](O[Si](C)(C)C(C)(C)C)[C@@H](C)C(=O)C1=C[C@@H]2[C@@H](C=C[C@@H]3C[C@@H](OC(=O)C(C)(C)C)C[C@@H]23)[C@@H]1CC(=O)O)O[Si](C)(C)C(C)(C)C. The summed E-state index contributed by atoms with van der Waals surface area (Å²) in [7, 11) is -4.15. The Kier molecular flexibility index (Phi) is 13.6. The number of ketones is 1. The van der Waals surface area contributed by atoms with Crippen LogP contribution < -0.4 is 0 Å². The van der Waals surface area contributed by atoms with Crippen molar-refractivity contribution in [3.8, 4) is 0 Å². The predicted octanol–water partition coefficient (Wildman–Crippen LogP) is 10.4. The van der Waals surface area contributed by atoms with E-state index in [0.29, 0.717) is 5.57 Å². The van der Waals surface area contributed by atoms with E-state index in [1.165, 1.54) is 0 Å². The third kappa shape index (κ3) is 10.1. The number of carbonyl (C=O) groups excluding carboxylic acids is 2. The summed E-state index contributed by atoms with van der Waals surface area (Å²) in [5.74, 6) is -1.37. The molecule has 286 valence electrons. The van der Waals surface area contributed by atoms with Gasteiger partial charge in [-0.3, -0.25) is 14.4 Å². The fraction of sp³-hybridized carbons (Fsp3) is 0.829. The van der Waals surface area contributed by atoms with Gasteiger partial charge in [0.1, 0.15) is 6.10 Å². The number of hydrogen-bond acceptors (Lipinski definition) is 6. The normalized spacial score (nSPS) is 27.6. The Labute approximate surface area is 307 Å². The summed E-state index contributed by atoms with van der Waals surface area (Å²) in [5.41, 5.74) is 0.0896. The molecule has 3 aliphatic rings. The van der Waals surface area contributed by atoms with Crippen LogP contribution in [0.3, 0.4) is 0 Å². The maximum atomic E-state index is 14.7. The Morgan fingerprint density at radius 1 is 0.860 bits per heavy atom. The molecule has 0 aromatic heterocycles. The van der Waals surface area contributed by atoms with Crippen LogP contribution in [-0.4, -0.2) is 57.8 Å². The summed E-state index contributed by atoms with van der Waals surface area (Å²) in [6, 6.07) is 0. The van der Waals surface area contributed by atoms with Crippen molar-refractivity contribution in [2.75, 3.05) is 0 Å². The number of carboxylic acids is 1. The van der Waals surface area contributed by atoms with Gasteiger partial charge in [0.15, 0.2) is 22.4 Å². The fourth-order valence-electron chi connectivity index (χ4n) is 7.58. The molecule has 9 atom stereocenters. The van der Waals surface area contributed by atoms with Gasteiger partial charge >= 0.3 is 11.9 Å². The smallest absolute Gasteiger partial charge is 0.311 e. The molecule has 3 rings (SSSR count). The zero-order valence-electron chi connectivity index (χ0n) is 34.3. The van der Waals surface area contributed by atoms with Gasteiger partial charge in [0.05, 0.1) is 17.9 Å². The Morgan fingerprint density at radius 2 is 1.44 bits per heavy atom. The lowest BCUT2D eigenvalue weighted by Crippen LogP contribution is -2.47. The Morgan fingerprint density at radius 3 is 1.96 bits per heavy atom. The molecule has 3 aliphatic carbocycles. The molecule has 1 N–H and O–H groups in total.